The number of allylic oxidation sites excluding steroid dienone is 1. The molecule has 1 heterocycles. The lowest BCUT2D eigenvalue weighted by atomic mass is 9.93. The van der Waals surface area contributed by atoms with Crippen molar-refractivity contribution in [2.45, 2.75) is 25.9 Å². The Morgan fingerprint density at radius 3 is 2.13 bits per heavy atom. The molecule has 0 bridgehead atoms. The smallest absolute Gasteiger partial charge is 0.269 e. The number of benzene rings is 3. The number of rotatable bonds is 7. The second-order valence-electron chi connectivity index (χ2n) is 7.46. The van der Waals surface area contributed by atoms with Crippen LogP contribution in [-0.2, 0) is 22.6 Å². The van der Waals surface area contributed by atoms with Gasteiger partial charge in [0, 0.05) is 18.6 Å². The van der Waals surface area contributed by atoms with Gasteiger partial charge in [0.05, 0.1) is 17.0 Å². The Morgan fingerprint density at radius 1 is 0.935 bits per heavy atom. The molecule has 0 saturated carbocycles. The first-order valence-corrected chi connectivity index (χ1v) is 10.0. The first kappa shape index (κ1) is 20.5. The van der Waals surface area contributed by atoms with Crippen molar-refractivity contribution in [1.29, 1.82) is 0 Å². The van der Waals surface area contributed by atoms with Gasteiger partial charge in [-0.05, 0) is 23.6 Å². The third kappa shape index (κ3) is 4.54. The molecule has 4 rings (SSSR count). The molecule has 1 atom stereocenters. The van der Waals surface area contributed by atoms with Crippen LogP contribution in [0.25, 0.3) is 0 Å². The highest BCUT2D eigenvalue weighted by molar-refractivity contribution is 5.95. The van der Waals surface area contributed by atoms with Gasteiger partial charge in [0.25, 0.3) is 5.69 Å². The molecule has 3 aromatic carbocycles. The maximum absolute atomic E-state index is 12.7. The molecule has 1 aliphatic heterocycles. The van der Waals surface area contributed by atoms with E-state index in [4.69, 9.17) is 4.84 Å². The zero-order valence-electron chi connectivity index (χ0n) is 17.1. The van der Waals surface area contributed by atoms with E-state index in [2.05, 4.69) is 0 Å². The minimum absolute atomic E-state index is 0.0322. The standard InChI is InChI=1S/C25H22N2O4/c1-18(28)24-23(16-19-12-14-22(15-13-19)27(29)30)31-26(17-20-8-4-2-5-9-20)25(24)21-10-6-3-7-11-21/h2-15,25H,16-17H2,1H3. The Hall–Kier alpha value is -3.77. The summed E-state index contributed by atoms with van der Waals surface area (Å²) >= 11 is 0. The molecule has 0 spiro atoms. The average Bonchev–Trinajstić information content (AvgIpc) is 3.13. The Kier molecular flexibility index (Phi) is 5.91. The highest BCUT2D eigenvalue weighted by Gasteiger charge is 2.38. The number of ketones is 1. The first-order chi connectivity index (χ1) is 15.0. The number of nitro benzene ring substituents is 1. The van der Waals surface area contributed by atoms with E-state index >= 15 is 0 Å². The van der Waals surface area contributed by atoms with Gasteiger partial charge in [-0.25, -0.2) is 0 Å². The summed E-state index contributed by atoms with van der Waals surface area (Å²) in [7, 11) is 0. The van der Waals surface area contributed by atoms with Gasteiger partial charge in [0.15, 0.2) is 5.78 Å². The molecule has 0 radical (unpaired) electrons. The number of non-ortho nitro benzene ring substituents is 1. The Morgan fingerprint density at radius 2 is 1.55 bits per heavy atom. The molecule has 0 saturated heterocycles. The molecule has 0 aliphatic carbocycles. The molecule has 31 heavy (non-hydrogen) atoms. The van der Waals surface area contributed by atoms with Gasteiger partial charge in [-0.15, -0.1) is 5.06 Å². The van der Waals surface area contributed by atoms with E-state index in [1.807, 2.05) is 65.7 Å². The van der Waals surface area contributed by atoms with Gasteiger partial charge in [0.1, 0.15) is 11.8 Å². The molecule has 6 nitrogen and oxygen atoms in total. The van der Waals surface area contributed by atoms with E-state index in [-0.39, 0.29) is 17.5 Å². The van der Waals surface area contributed by atoms with Gasteiger partial charge in [0.2, 0.25) is 0 Å². The fourth-order valence-electron chi connectivity index (χ4n) is 3.83. The second-order valence-corrected chi connectivity index (χ2v) is 7.46. The first-order valence-electron chi connectivity index (χ1n) is 10.0. The van der Waals surface area contributed by atoms with E-state index in [9.17, 15) is 14.9 Å². The second kappa shape index (κ2) is 8.93. The summed E-state index contributed by atoms with van der Waals surface area (Å²) in [6.45, 7) is 2.07. The molecule has 0 aromatic heterocycles. The van der Waals surface area contributed by atoms with Crippen LogP contribution >= 0.6 is 0 Å². The van der Waals surface area contributed by atoms with E-state index < -0.39 is 4.92 Å². The largest absolute Gasteiger partial charge is 0.408 e. The highest BCUT2D eigenvalue weighted by Crippen LogP contribution is 2.40. The number of hydrogen-bond acceptors (Lipinski definition) is 5. The summed E-state index contributed by atoms with van der Waals surface area (Å²) < 4.78 is 0. The fraction of sp³-hybridized carbons (Fsp3) is 0.160. The van der Waals surface area contributed by atoms with Crippen molar-refractivity contribution in [3.63, 3.8) is 0 Å². The van der Waals surface area contributed by atoms with Gasteiger partial charge in [-0.3, -0.25) is 14.9 Å². The molecule has 0 fully saturated rings. The molecular formula is C25H22N2O4. The predicted molar refractivity (Wildman–Crippen MR) is 117 cm³/mol. The lowest BCUT2D eigenvalue weighted by Gasteiger charge is -2.24. The van der Waals surface area contributed by atoms with Crippen molar-refractivity contribution in [1.82, 2.24) is 5.06 Å². The van der Waals surface area contributed by atoms with Gasteiger partial charge in [-0.1, -0.05) is 72.8 Å². The van der Waals surface area contributed by atoms with Crippen LogP contribution in [0.1, 0.15) is 29.7 Å². The topological polar surface area (TPSA) is 72.7 Å². The number of nitro groups is 1. The molecule has 1 aliphatic rings. The summed E-state index contributed by atoms with van der Waals surface area (Å²) in [5.41, 5.74) is 3.53. The van der Waals surface area contributed by atoms with E-state index in [1.165, 1.54) is 12.1 Å². The number of carbonyl (C=O) groups is 1. The lowest BCUT2D eigenvalue weighted by molar-refractivity contribution is -0.384. The minimum Gasteiger partial charge on any atom is -0.408 e. The molecular weight excluding hydrogens is 392 g/mol. The summed E-state index contributed by atoms with van der Waals surface area (Å²) in [4.78, 5) is 29.5. The van der Waals surface area contributed by atoms with E-state index in [1.54, 1.807) is 19.1 Å². The number of carbonyl (C=O) groups excluding carboxylic acids is 1. The molecule has 0 N–H and O–H groups in total. The van der Waals surface area contributed by atoms with Crippen LogP contribution in [0.4, 0.5) is 5.69 Å². The van der Waals surface area contributed by atoms with E-state index in [0.717, 1.165) is 16.7 Å². The lowest BCUT2D eigenvalue weighted by Crippen LogP contribution is -2.25. The maximum atomic E-state index is 12.7. The van der Waals surface area contributed by atoms with Crippen molar-refractivity contribution >= 4 is 11.5 Å². The molecule has 3 aromatic rings. The van der Waals surface area contributed by atoms with E-state index in [0.29, 0.717) is 24.3 Å². The zero-order chi connectivity index (χ0) is 21.8. The molecule has 1 unspecified atom stereocenters. The summed E-state index contributed by atoms with van der Waals surface area (Å²) in [5, 5.41) is 12.8. The normalized spacial score (nSPS) is 16.2. The highest BCUT2D eigenvalue weighted by atomic mass is 16.7. The third-order valence-corrected chi connectivity index (χ3v) is 5.28. The van der Waals surface area contributed by atoms with Crippen molar-refractivity contribution in [3.8, 4) is 0 Å². The van der Waals surface area contributed by atoms with Crippen molar-refractivity contribution in [3.05, 3.63) is 123 Å². The fourth-order valence-corrected chi connectivity index (χ4v) is 3.83. The van der Waals surface area contributed by atoms with Gasteiger partial charge >= 0.3 is 0 Å². The predicted octanol–water partition coefficient (Wildman–Crippen LogP) is 5.17. The number of nitrogens with zero attached hydrogens (tertiary/aromatic N) is 2. The number of hydroxylamine groups is 2. The third-order valence-electron chi connectivity index (χ3n) is 5.28. The minimum atomic E-state index is -0.427. The monoisotopic (exact) mass is 414 g/mol. The maximum Gasteiger partial charge on any atom is 0.269 e. The molecule has 0 amide bonds. The van der Waals surface area contributed by atoms with Crippen molar-refractivity contribution in [2.24, 2.45) is 0 Å². The number of Topliss-reactive ketones (excluding diaryl/α,β-unsaturated/α-hetero) is 1. The van der Waals surface area contributed by atoms with Crippen molar-refractivity contribution in [2.75, 3.05) is 0 Å². The quantitative estimate of drug-likeness (QED) is 0.394. The summed E-state index contributed by atoms with van der Waals surface area (Å²) in [6, 6.07) is 25.8. The van der Waals surface area contributed by atoms with Crippen LogP contribution in [-0.4, -0.2) is 15.8 Å². The molecule has 156 valence electrons. The van der Waals surface area contributed by atoms with Crippen LogP contribution in [0.3, 0.4) is 0 Å². The van der Waals surface area contributed by atoms with Gasteiger partial charge in [-0.2, -0.15) is 0 Å². The van der Waals surface area contributed by atoms with Crippen LogP contribution < -0.4 is 0 Å². The number of hydrogen-bond donors (Lipinski definition) is 0. The summed E-state index contributed by atoms with van der Waals surface area (Å²) in [6.07, 6.45) is 0.377. The Bertz CT molecular complexity index is 1110. The van der Waals surface area contributed by atoms with Crippen LogP contribution in [0.2, 0.25) is 0 Å². The molecule has 6 heteroatoms. The van der Waals surface area contributed by atoms with Crippen LogP contribution in [0.15, 0.2) is 96.3 Å². The van der Waals surface area contributed by atoms with Crippen molar-refractivity contribution < 1.29 is 14.6 Å². The zero-order valence-corrected chi connectivity index (χ0v) is 17.1. The Labute approximate surface area is 180 Å². The SMILES string of the molecule is CC(=O)C1=C(Cc2ccc([N+](=O)[O-])cc2)ON(Cc2ccccc2)C1c1ccccc1. The van der Waals surface area contributed by atoms with Gasteiger partial charge < -0.3 is 4.84 Å². The Balaban J connectivity index is 1.70. The van der Waals surface area contributed by atoms with Crippen LogP contribution in [0.5, 0.6) is 0 Å². The average molecular weight is 414 g/mol. The summed E-state index contributed by atoms with van der Waals surface area (Å²) in [5.74, 6) is 0.521. The van der Waals surface area contributed by atoms with Crippen LogP contribution in [0, 0.1) is 10.1 Å².